The largest absolute Gasteiger partial charge is 0.332 e. The summed E-state index contributed by atoms with van der Waals surface area (Å²) < 4.78 is 0. The lowest BCUT2D eigenvalue weighted by molar-refractivity contribution is -0.131. The predicted octanol–water partition coefficient (Wildman–Crippen LogP) is 5.68. The minimum absolute atomic E-state index is 0.0419. The molecule has 0 aliphatic heterocycles. The zero-order valence-electron chi connectivity index (χ0n) is 16.4. The van der Waals surface area contributed by atoms with E-state index in [0.29, 0.717) is 23.1 Å². The Labute approximate surface area is 194 Å². The third-order valence-electron chi connectivity index (χ3n) is 4.58. The zero-order chi connectivity index (χ0) is 21.6. The van der Waals surface area contributed by atoms with E-state index in [2.05, 4.69) is 15.0 Å². The molecular formula is C23H18Cl2N4OS. The highest BCUT2D eigenvalue weighted by Gasteiger charge is 2.18. The van der Waals surface area contributed by atoms with Crippen molar-refractivity contribution >= 4 is 40.4 Å². The van der Waals surface area contributed by atoms with Crippen LogP contribution in [0.15, 0.2) is 72.5 Å². The lowest BCUT2D eigenvalue weighted by Crippen LogP contribution is -2.31. The van der Waals surface area contributed by atoms with Crippen LogP contribution in [0, 0.1) is 0 Å². The van der Waals surface area contributed by atoms with Crippen molar-refractivity contribution in [2.24, 2.45) is 0 Å². The van der Waals surface area contributed by atoms with Crippen molar-refractivity contribution < 1.29 is 4.79 Å². The van der Waals surface area contributed by atoms with Crippen molar-refractivity contribution in [3.63, 3.8) is 0 Å². The van der Waals surface area contributed by atoms with E-state index in [0.717, 1.165) is 27.5 Å². The van der Waals surface area contributed by atoms with Gasteiger partial charge in [-0.05, 0) is 42.0 Å². The molecule has 4 rings (SSSR count). The second kappa shape index (κ2) is 10.0. The molecule has 3 aromatic heterocycles. The number of rotatable bonds is 7. The number of nitrogens with zero attached hydrogens (tertiary/aromatic N) is 4. The van der Waals surface area contributed by atoms with Crippen molar-refractivity contribution in [2.45, 2.75) is 19.5 Å². The van der Waals surface area contributed by atoms with E-state index in [1.54, 1.807) is 35.6 Å². The van der Waals surface area contributed by atoms with Gasteiger partial charge in [-0.25, -0.2) is 4.98 Å². The fourth-order valence-corrected chi connectivity index (χ4v) is 4.19. The maximum absolute atomic E-state index is 13.2. The fraction of sp³-hybridized carbons (Fsp3) is 0.130. The second-order valence-electron chi connectivity index (χ2n) is 6.88. The van der Waals surface area contributed by atoms with E-state index in [9.17, 15) is 4.79 Å². The number of amides is 1. The lowest BCUT2D eigenvalue weighted by Gasteiger charge is -2.22. The maximum Gasteiger partial charge on any atom is 0.229 e. The molecule has 0 aliphatic rings. The first kappa shape index (κ1) is 21.4. The normalized spacial score (nSPS) is 10.8. The average Bonchev–Trinajstić information content (AvgIpc) is 3.25. The Balaban J connectivity index is 1.53. The minimum Gasteiger partial charge on any atom is -0.332 e. The Morgan fingerprint density at radius 3 is 2.61 bits per heavy atom. The first-order valence-corrected chi connectivity index (χ1v) is 11.2. The molecule has 1 amide bonds. The number of pyridine rings is 2. The molecule has 3 heterocycles. The quantitative estimate of drug-likeness (QED) is 0.350. The van der Waals surface area contributed by atoms with E-state index in [1.165, 1.54) is 11.3 Å². The molecule has 0 spiro atoms. The molecule has 1 aromatic carbocycles. The summed E-state index contributed by atoms with van der Waals surface area (Å²) in [5.74, 6) is -0.0419. The van der Waals surface area contributed by atoms with Gasteiger partial charge in [0, 0.05) is 36.1 Å². The molecule has 0 aliphatic carbocycles. The monoisotopic (exact) mass is 468 g/mol. The van der Waals surface area contributed by atoms with Gasteiger partial charge in [0.2, 0.25) is 5.91 Å². The number of thiazole rings is 1. The zero-order valence-corrected chi connectivity index (χ0v) is 18.7. The van der Waals surface area contributed by atoms with Crippen LogP contribution in [0.4, 0.5) is 0 Å². The first-order valence-electron chi connectivity index (χ1n) is 9.55. The number of aromatic nitrogens is 3. The summed E-state index contributed by atoms with van der Waals surface area (Å²) in [6, 6.07) is 14.9. The number of hydrogen-bond acceptors (Lipinski definition) is 5. The third-order valence-corrected chi connectivity index (χ3v) is 6.26. The molecule has 0 saturated heterocycles. The summed E-state index contributed by atoms with van der Waals surface area (Å²) in [7, 11) is 0. The van der Waals surface area contributed by atoms with Gasteiger partial charge >= 0.3 is 0 Å². The molecule has 8 heteroatoms. The molecule has 156 valence electrons. The van der Waals surface area contributed by atoms with Crippen molar-refractivity contribution in [3.05, 3.63) is 99.5 Å². The van der Waals surface area contributed by atoms with Crippen LogP contribution in [-0.4, -0.2) is 25.8 Å². The molecular weight excluding hydrogens is 451 g/mol. The van der Waals surface area contributed by atoms with Crippen LogP contribution in [0.25, 0.3) is 10.6 Å². The molecule has 0 unspecified atom stereocenters. The van der Waals surface area contributed by atoms with Gasteiger partial charge in [0.05, 0.1) is 34.4 Å². The summed E-state index contributed by atoms with van der Waals surface area (Å²) in [6.45, 7) is 0.783. The highest BCUT2D eigenvalue weighted by atomic mass is 35.5. The Kier molecular flexibility index (Phi) is 6.92. The Morgan fingerprint density at radius 2 is 1.87 bits per heavy atom. The van der Waals surface area contributed by atoms with Crippen molar-refractivity contribution in [2.75, 3.05) is 0 Å². The van der Waals surface area contributed by atoms with Crippen LogP contribution < -0.4 is 0 Å². The highest BCUT2D eigenvalue weighted by Crippen LogP contribution is 2.25. The van der Waals surface area contributed by atoms with Gasteiger partial charge in [0.15, 0.2) is 0 Å². The van der Waals surface area contributed by atoms with Gasteiger partial charge in [-0.15, -0.1) is 11.3 Å². The SMILES string of the molecule is O=C(Cc1csc(-c2cccnc2)n1)N(Cc1ccc(Cl)c(Cl)c1)Cc1ccccn1. The van der Waals surface area contributed by atoms with Gasteiger partial charge in [-0.1, -0.05) is 35.3 Å². The van der Waals surface area contributed by atoms with Gasteiger partial charge in [-0.3, -0.25) is 14.8 Å². The molecule has 5 nitrogen and oxygen atoms in total. The van der Waals surface area contributed by atoms with Crippen LogP contribution >= 0.6 is 34.5 Å². The summed E-state index contributed by atoms with van der Waals surface area (Å²) in [6.07, 6.45) is 5.41. The highest BCUT2D eigenvalue weighted by molar-refractivity contribution is 7.13. The van der Waals surface area contributed by atoms with Crippen LogP contribution in [0.1, 0.15) is 17.0 Å². The molecule has 0 radical (unpaired) electrons. The molecule has 0 fully saturated rings. The number of halogens is 2. The van der Waals surface area contributed by atoms with Crippen LogP contribution in [-0.2, 0) is 24.3 Å². The van der Waals surface area contributed by atoms with E-state index >= 15 is 0 Å². The second-order valence-corrected chi connectivity index (χ2v) is 8.55. The number of carbonyl (C=O) groups is 1. The standard InChI is InChI=1S/C23H18Cl2N4OS/c24-20-7-6-16(10-21(20)25)13-29(14-18-5-1-2-9-27-18)22(30)11-19-15-31-23(28-19)17-4-3-8-26-12-17/h1-10,12,15H,11,13-14H2. The number of carbonyl (C=O) groups excluding carboxylic acids is 1. The van der Waals surface area contributed by atoms with Gasteiger partial charge < -0.3 is 4.90 Å². The molecule has 4 aromatic rings. The third kappa shape index (κ3) is 5.67. The molecule has 31 heavy (non-hydrogen) atoms. The average molecular weight is 469 g/mol. The fourth-order valence-electron chi connectivity index (χ4n) is 3.05. The lowest BCUT2D eigenvalue weighted by atomic mass is 10.2. The molecule has 0 N–H and O–H groups in total. The topological polar surface area (TPSA) is 59.0 Å². The van der Waals surface area contributed by atoms with Crippen LogP contribution in [0.2, 0.25) is 10.0 Å². The molecule has 0 atom stereocenters. The van der Waals surface area contributed by atoms with E-state index < -0.39 is 0 Å². The predicted molar refractivity (Wildman–Crippen MR) is 124 cm³/mol. The maximum atomic E-state index is 13.2. The van der Waals surface area contributed by atoms with Crippen molar-refractivity contribution in [3.8, 4) is 10.6 Å². The molecule has 0 saturated carbocycles. The smallest absolute Gasteiger partial charge is 0.229 e. The van der Waals surface area contributed by atoms with Gasteiger partial charge in [0.25, 0.3) is 0 Å². The van der Waals surface area contributed by atoms with Gasteiger partial charge in [-0.2, -0.15) is 0 Å². The minimum atomic E-state index is -0.0419. The van der Waals surface area contributed by atoms with Crippen LogP contribution in [0.3, 0.4) is 0 Å². The molecule has 0 bridgehead atoms. The van der Waals surface area contributed by atoms with E-state index in [1.807, 2.05) is 41.8 Å². The Morgan fingerprint density at radius 1 is 0.968 bits per heavy atom. The van der Waals surface area contributed by atoms with Crippen molar-refractivity contribution in [1.82, 2.24) is 19.9 Å². The first-order chi connectivity index (χ1) is 15.1. The van der Waals surface area contributed by atoms with Gasteiger partial charge in [0.1, 0.15) is 5.01 Å². The van der Waals surface area contributed by atoms with Crippen molar-refractivity contribution in [1.29, 1.82) is 0 Å². The number of benzene rings is 1. The van der Waals surface area contributed by atoms with E-state index in [4.69, 9.17) is 23.2 Å². The summed E-state index contributed by atoms with van der Waals surface area (Å²) >= 11 is 13.7. The summed E-state index contributed by atoms with van der Waals surface area (Å²) in [4.78, 5) is 28.1. The van der Waals surface area contributed by atoms with Crippen LogP contribution in [0.5, 0.6) is 0 Å². The summed E-state index contributed by atoms with van der Waals surface area (Å²) in [5, 5.41) is 3.71. The Hall–Kier alpha value is -2.80. The Bertz CT molecular complexity index is 1170. The van der Waals surface area contributed by atoms with E-state index in [-0.39, 0.29) is 12.3 Å². The summed E-state index contributed by atoms with van der Waals surface area (Å²) in [5.41, 5.74) is 3.37. The number of hydrogen-bond donors (Lipinski definition) is 0.